The van der Waals surface area contributed by atoms with Crippen LogP contribution in [0.1, 0.15) is 44.9 Å². The van der Waals surface area contributed by atoms with Crippen molar-refractivity contribution in [2.45, 2.75) is 53.0 Å². The van der Waals surface area contributed by atoms with Gasteiger partial charge in [-0.3, -0.25) is 0 Å². The van der Waals surface area contributed by atoms with Crippen LogP contribution >= 0.6 is 0 Å². The molecule has 0 bridgehead atoms. The quantitative estimate of drug-likeness (QED) is 0.812. The van der Waals surface area contributed by atoms with E-state index in [-0.39, 0.29) is 23.3 Å². The number of aromatic nitrogens is 2. The van der Waals surface area contributed by atoms with Crippen molar-refractivity contribution in [1.29, 1.82) is 0 Å². The molecule has 0 saturated carbocycles. The maximum Gasteiger partial charge on any atom is 0.573 e. The highest BCUT2D eigenvalue weighted by Gasteiger charge is 2.32. The van der Waals surface area contributed by atoms with Crippen LogP contribution in [-0.4, -0.2) is 22.4 Å². The van der Waals surface area contributed by atoms with Crippen LogP contribution in [0.4, 0.5) is 13.2 Å². The van der Waals surface area contributed by atoms with Crippen LogP contribution in [0.3, 0.4) is 0 Å². The maximum absolute atomic E-state index is 12.5. The number of nitrogens with zero attached hydrogens (tertiary/aromatic N) is 2. The van der Waals surface area contributed by atoms with Gasteiger partial charge >= 0.3 is 6.36 Å². The van der Waals surface area contributed by atoms with Crippen LogP contribution in [0.2, 0.25) is 0 Å². The van der Waals surface area contributed by atoms with E-state index < -0.39 is 6.36 Å². The molecule has 0 unspecified atom stereocenters. The van der Waals surface area contributed by atoms with Crippen molar-refractivity contribution in [3.63, 3.8) is 0 Å². The van der Waals surface area contributed by atoms with Crippen LogP contribution in [0, 0.1) is 6.92 Å². The number of ether oxygens (including phenoxy) is 2. The topological polar surface area (TPSA) is 44.2 Å². The first-order valence-corrected chi connectivity index (χ1v) is 7.32. The molecule has 126 valence electrons. The Hall–Kier alpha value is -2.05. The predicted octanol–water partition coefficient (Wildman–Crippen LogP) is 4.75. The lowest BCUT2D eigenvalue weighted by atomic mass is 10.1. The second-order valence-electron chi connectivity index (χ2n) is 5.84. The molecule has 7 heteroatoms. The largest absolute Gasteiger partial charge is 0.573 e. The molecule has 1 aromatic heterocycles. The molecular weight excluding hydrogens is 309 g/mol. The van der Waals surface area contributed by atoms with Gasteiger partial charge in [0.2, 0.25) is 5.88 Å². The van der Waals surface area contributed by atoms with Gasteiger partial charge in [0.25, 0.3) is 0 Å². The second-order valence-corrected chi connectivity index (χ2v) is 5.84. The minimum Gasteiger partial charge on any atom is -0.474 e. The number of hydrogen-bond acceptors (Lipinski definition) is 4. The monoisotopic (exact) mass is 328 g/mol. The average molecular weight is 328 g/mol. The fourth-order valence-electron chi connectivity index (χ4n) is 2.16. The Morgan fingerprint density at radius 3 is 2.22 bits per heavy atom. The van der Waals surface area contributed by atoms with Gasteiger partial charge in [-0.25, -0.2) is 9.97 Å². The number of fused-ring (bicyclic) bond motifs is 1. The fraction of sp³-hybridized carbons (Fsp3) is 0.500. The van der Waals surface area contributed by atoms with Crippen molar-refractivity contribution in [3.05, 3.63) is 23.4 Å². The molecule has 0 atom stereocenters. The fourth-order valence-corrected chi connectivity index (χ4v) is 2.16. The summed E-state index contributed by atoms with van der Waals surface area (Å²) in [5.74, 6) is 0.133. The number of halogens is 3. The lowest BCUT2D eigenvalue weighted by Gasteiger charge is -2.17. The third-order valence-electron chi connectivity index (χ3n) is 3.15. The van der Waals surface area contributed by atoms with Gasteiger partial charge in [0, 0.05) is 11.5 Å². The summed E-state index contributed by atoms with van der Waals surface area (Å²) in [6.45, 7) is 9.14. The highest BCUT2D eigenvalue weighted by Crippen LogP contribution is 2.33. The zero-order valence-corrected chi connectivity index (χ0v) is 13.7. The van der Waals surface area contributed by atoms with Gasteiger partial charge in [-0.1, -0.05) is 13.8 Å². The number of aryl methyl sites for hydroxylation is 1. The summed E-state index contributed by atoms with van der Waals surface area (Å²) in [4.78, 5) is 8.90. The molecule has 0 aliphatic carbocycles. The normalized spacial score (nSPS) is 12.3. The molecule has 0 spiro atoms. The molecule has 1 aromatic carbocycles. The van der Waals surface area contributed by atoms with E-state index in [2.05, 4.69) is 14.7 Å². The van der Waals surface area contributed by atoms with E-state index in [0.717, 1.165) is 0 Å². The van der Waals surface area contributed by atoms with E-state index in [0.29, 0.717) is 22.6 Å². The van der Waals surface area contributed by atoms with Crippen LogP contribution in [0.15, 0.2) is 12.1 Å². The zero-order valence-electron chi connectivity index (χ0n) is 13.7. The molecule has 23 heavy (non-hydrogen) atoms. The van der Waals surface area contributed by atoms with Gasteiger partial charge in [0.15, 0.2) is 0 Å². The van der Waals surface area contributed by atoms with E-state index in [1.165, 1.54) is 19.1 Å². The van der Waals surface area contributed by atoms with Gasteiger partial charge in [-0.2, -0.15) is 0 Å². The summed E-state index contributed by atoms with van der Waals surface area (Å²) in [6.07, 6.45) is -4.87. The third-order valence-corrected chi connectivity index (χ3v) is 3.15. The van der Waals surface area contributed by atoms with Crippen LogP contribution in [-0.2, 0) is 0 Å². The summed E-state index contributed by atoms with van der Waals surface area (Å²) in [5, 5.41) is 0. The summed E-state index contributed by atoms with van der Waals surface area (Å²) in [6, 6.07) is 2.73. The number of hydrogen-bond donors (Lipinski definition) is 0. The highest BCUT2D eigenvalue weighted by molar-refractivity contribution is 5.81. The first-order valence-electron chi connectivity index (χ1n) is 7.32. The Morgan fingerprint density at radius 1 is 1.04 bits per heavy atom. The van der Waals surface area contributed by atoms with E-state index in [4.69, 9.17) is 4.74 Å². The molecule has 0 amide bonds. The summed E-state index contributed by atoms with van der Waals surface area (Å²) in [7, 11) is 0. The molecule has 0 fully saturated rings. The number of rotatable bonds is 4. The van der Waals surface area contributed by atoms with Crippen LogP contribution in [0.25, 0.3) is 11.0 Å². The molecule has 2 rings (SSSR count). The van der Waals surface area contributed by atoms with E-state index in [1.807, 2.05) is 27.7 Å². The minimum atomic E-state index is -4.75. The van der Waals surface area contributed by atoms with Crippen molar-refractivity contribution in [1.82, 2.24) is 9.97 Å². The Labute approximate surface area is 132 Å². The number of alkyl halides is 3. The van der Waals surface area contributed by atoms with Crippen LogP contribution in [0.5, 0.6) is 11.6 Å². The first kappa shape index (κ1) is 17.3. The Balaban J connectivity index is 2.61. The Kier molecular flexibility index (Phi) is 4.68. The summed E-state index contributed by atoms with van der Waals surface area (Å²) in [5.41, 5.74) is 1.80. The van der Waals surface area contributed by atoms with Gasteiger partial charge in [-0.05, 0) is 32.9 Å². The third kappa shape index (κ3) is 4.03. The Morgan fingerprint density at radius 2 is 1.70 bits per heavy atom. The molecule has 0 N–H and O–H groups in total. The van der Waals surface area contributed by atoms with Crippen molar-refractivity contribution in [3.8, 4) is 11.6 Å². The standard InChI is InChI=1S/C16H19F3N2O2/c1-8(2)13-15(22-9(3)4)21-14-10(5)12(23-16(17,18)19)7-6-11(14)20-13/h6-9H,1-5H3. The van der Waals surface area contributed by atoms with Crippen molar-refractivity contribution in [2.24, 2.45) is 0 Å². The molecule has 0 aliphatic rings. The van der Waals surface area contributed by atoms with Crippen molar-refractivity contribution in [2.75, 3.05) is 0 Å². The van der Waals surface area contributed by atoms with Gasteiger partial charge in [0.1, 0.15) is 11.4 Å². The summed E-state index contributed by atoms with van der Waals surface area (Å²) >= 11 is 0. The average Bonchev–Trinajstić information content (AvgIpc) is 2.39. The SMILES string of the molecule is Cc1c(OC(F)(F)F)ccc2nc(C(C)C)c(OC(C)C)nc12. The molecular formula is C16H19F3N2O2. The van der Waals surface area contributed by atoms with Crippen molar-refractivity contribution < 1.29 is 22.6 Å². The number of benzene rings is 1. The minimum absolute atomic E-state index is 0.0760. The smallest absolute Gasteiger partial charge is 0.474 e. The van der Waals surface area contributed by atoms with E-state index in [1.54, 1.807) is 0 Å². The molecule has 0 aliphatic heterocycles. The van der Waals surface area contributed by atoms with E-state index >= 15 is 0 Å². The maximum atomic E-state index is 12.5. The molecule has 0 saturated heterocycles. The van der Waals surface area contributed by atoms with Gasteiger partial charge in [0.05, 0.1) is 17.1 Å². The van der Waals surface area contributed by atoms with Crippen LogP contribution < -0.4 is 9.47 Å². The first-order chi connectivity index (χ1) is 10.6. The second kappa shape index (κ2) is 6.22. The lowest BCUT2D eigenvalue weighted by Crippen LogP contribution is -2.18. The molecule has 1 heterocycles. The molecule has 4 nitrogen and oxygen atoms in total. The molecule has 0 radical (unpaired) electrons. The van der Waals surface area contributed by atoms with Gasteiger partial charge < -0.3 is 9.47 Å². The predicted molar refractivity (Wildman–Crippen MR) is 80.8 cm³/mol. The molecule has 2 aromatic rings. The zero-order chi connectivity index (χ0) is 17.4. The lowest BCUT2D eigenvalue weighted by molar-refractivity contribution is -0.274. The van der Waals surface area contributed by atoms with Crippen molar-refractivity contribution >= 4 is 11.0 Å². The summed E-state index contributed by atoms with van der Waals surface area (Å²) < 4.78 is 47.1. The Bertz CT molecular complexity index is 713. The highest BCUT2D eigenvalue weighted by atomic mass is 19.4. The van der Waals surface area contributed by atoms with E-state index in [9.17, 15) is 13.2 Å². The van der Waals surface area contributed by atoms with Gasteiger partial charge in [-0.15, -0.1) is 13.2 Å².